The van der Waals surface area contributed by atoms with E-state index in [1.807, 2.05) is 0 Å². The minimum atomic E-state index is -0.429. The van der Waals surface area contributed by atoms with Crippen LogP contribution in [0.1, 0.15) is 10.4 Å². The highest BCUT2D eigenvalue weighted by molar-refractivity contribution is 5.97. The number of amides is 1. The second-order valence-electron chi connectivity index (χ2n) is 5.94. The van der Waals surface area contributed by atoms with E-state index >= 15 is 0 Å². The van der Waals surface area contributed by atoms with Crippen molar-refractivity contribution in [1.29, 1.82) is 0 Å². The number of phenols is 1. The first-order chi connectivity index (χ1) is 12.5. The van der Waals surface area contributed by atoms with Gasteiger partial charge in [-0.3, -0.25) is 14.9 Å². The first-order valence-electron chi connectivity index (χ1n) is 8.15. The summed E-state index contributed by atoms with van der Waals surface area (Å²) in [4.78, 5) is 26.7. The highest BCUT2D eigenvalue weighted by Crippen LogP contribution is 2.26. The molecular weight excluding hydrogens is 338 g/mol. The third-order valence-electron chi connectivity index (χ3n) is 4.43. The summed E-state index contributed by atoms with van der Waals surface area (Å²) in [6.07, 6.45) is 0. The molecule has 3 rings (SSSR count). The number of nitro groups is 1. The van der Waals surface area contributed by atoms with Crippen molar-refractivity contribution < 1.29 is 19.6 Å². The molecule has 0 saturated carbocycles. The molecule has 136 valence electrons. The number of non-ortho nitro benzene ring substituents is 1. The van der Waals surface area contributed by atoms with Crippen molar-refractivity contribution in [2.75, 3.05) is 38.2 Å². The quantitative estimate of drug-likeness (QED) is 0.666. The maximum absolute atomic E-state index is 12.6. The molecule has 0 spiro atoms. The Morgan fingerprint density at radius 3 is 2.31 bits per heavy atom. The lowest BCUT2D eigenvalue weighted by Crippen LogP contribution is -2.48. The average Bonchev–Trinajstić information content (AvgIpc) is 2.67. The van der Waals surface area contributed by atoms with Crippen LogP contribution in [0.4, 0.5) is 11.4 Å². The fraction of sp³-hybridized carbons (Fsp3) is 0.278. The molecule has 1 saturated heterocycles. The van der Waals surface area contributed by atoms with Gasteiger partial charge in [0.15, 0.2) is 0 Å². The van der Waals surface area contributed by atoms with Crippen molar-refractivity contribution in [3.05, 3.63) is 58.1 Å². The van der Waals surface area contributed by atoms with Crippen LogP contribution in [0.2, 0.25) is 0 Å². The topological polar surface area (TPSA) is 96.2 Å². The van der Waals surface area contributed by atoms with E-state index in [1.54, 1.807) is 29.2 Å². The Morgan fingerprint density at radius 1 is 1.12 bits per heavy atom. The number of aromatic hydroxyl groups is 1. The van der Waals surface area contributed by atoms with Crippen LogP contribution in [0.25, 0.3) is 0 Å². The number of ether oxygens (including phenoxy) is 1. The molecule has 26 heavy (non-hydrogen) atoms. The lowest BCUT2D eigenvalue weighted by atomic mass is 10.1. The van der Waals surface area contributed by atoms with E-state index in [4.69, 9.17) is 4.74 Å². The summed E-state index contributed by atoms with van der Waals surface area (Å²) in [6, 6.07) is 11.0. The van der Waals surface area contributed by atoms with Gasteiger partial charge in [-0.25, -0.2) is 0 Å². The van der Waals surface area contributed by atoms with Crippen LogP contribution in [0.15, 0.2) is 42.5 Å². The van der Waals surface area contributed by atoms with Gasteiger partial charge < -0.3 is 19.6 Å². The van der Waals surface area contributed by atoms with Crippen molar-refractivity contribution in [2.45, 2.75) is 0 Å². The second kappa shape index (κ2) is 7.30. The van der Waals surface area contributed by atoms with Gasteiger partial charge in [-0.05, 0) is 24.3 Å². The van der Waals surface area contributed by atoms with Crippen molar-refractivity contribution in [3.63, 3.8) is 0 Å². The molecule has 0 aromatic heterocycles. The van der Waals surface area contributed by atoms with E-state index in [0.29, 0.717) is 31.9 Å². The number of methoxy groups -OCH3 is 1. The van der Waals surface area contributed by atoms with Crippen LogP contribution in [0.5, 0.6) is 11.5 Å². The number of hydrogen-bond acceptors (Lipinski definition) is 6. The standard InChI is InChI=1S/C18H19N3O5/c1-26-15-6-7-16(17(22)12-15)18(23)20-10-8-19(9-11-20)13-2-4-14(5-3-13)21(24)25/h2-7,12,22H,8-11H2,1H3. The van der Waals surface area contributed by atoms with Gasteiger partial charge in [0.25, 0.3) is 11.6 Å². The van der Waals surface area contributed by atoms with Crippen molar-refractivity contribution in [2.24, 2.45) is 0 Å². The van der Waals surface area contributed by atoms with Crippen LogP contribution in [0.3, 0.4) is 0 Å². The fourth-order valence-corrected chi connectivity index (χ4v) is 2.94. The largest absolute Gasteiger partial charge is 0.507 e. The summed E-state index contributed by atoms with van der Waals surface area (Å²) >= 11 is 0. The first-order valence-corrected chi connectivity index (χ1v) is 8.15. The summed E-state index contributed by atoms with van der Waals surface area (Å²) in [7, 11) is 1.49. The monoisotopic (exact) mass is 357 g/mol. The molecule has 1 aliphatic heterocycles. The Morgan fingerprint density at radius 2 is 1.77 bits per heavy atom. The second-order valence-corrected chi connectivity index (χ2v) is 5.94. The Bertz CT molecular complexity index is 814. The van der Waals surface area contributed by atoms with Gasteiger partial charge >= 0.3 is 0 Å². The zero-order valence-electron chi connectivity index (χ0n) is 14.3. The molecule has 1 amide bonds. The highest BCUT2D eigenvalue weighted by Gasteiger charge is 2.24. The third kappa shape index (κ3) is 3.53. The summed E-state index contributed by atoms with van der Waals surface area (Å²) in [5.74, 6) is 0.155. The Hall–Kier alpha value is -3.29. The normalized spacial score (nSPS) is 14.2. The van der Waals surface area contributed by atoms with Gasteiger partial charge in [0.2, 0.25) is 0 Å². The van der Waals surface area contributed by atoms with E-state index < -0.39 is 4.92 Å². The van der Waals surface area contributed by atoms with Gasteiger partial charge in [-0.2, -0.15) is 0 Å². The minimum absolute atomic E-state index is 0.0533. The SMILES string of the molecule is COc1ccc(C(=O)N2CCN(c3ccc([N+](=O)[O-])cc3)CC2)c(O)c1. The van der Waals surface area contributed by atoms with E-state index in [2.05, 4.69) is 4.90 Å². The van der Waals surface area contributed by atoms with E-state index in [1.165, 1.54) is 25.3 Å². The molecule has 0 aliphatic carbocycles. The summed E-state index contributed by atoms with van der Waals surface area (Å²) in [5, 5.41) is 20.8. The Labute approximate surface area is 150 Å². The molecule has 8 heteroatoms. The van der Waals surface area contributed by atoms with Gasteiger partial charge in [0, 0.05) is 50.1 Å². The smallest absolute Gasteiger partial charge is 0.269 e. The Balaban J connectivity index is 1.64. The van der Waals surface area contributed by atoms with Crippen LogP contribution < -0.4 is 9.64 Å². The fourth-order valence-electron chi connectivity index (χ4n) is 2.94. The number of benzene rings is 2. The Kier molecular flexibility index (Phi) is 4.92. The molecule has 2 aromatic carbocycles. The predicted octanol–water partition coefficient (Wildman–Crippen LogP) is 2.27. The van der Waals surface area contributed by atoms with Crippen LogP contribution >= 0.6 is 0 Å². The third-order valence-corrected chi connectivity index (χ3v) is 4.43. The number of nitrogens with zero attached hydrogens (tertiary/aromatic N) is 3. The lowest BCUT2D eigenvalue weighted by Gasteiger charge is -2.36. The average molecular weight is 357 g/mol. The summed E-state index contributed by atoms with van der Waals surface area (Å²) in [6.45, 7) is 2.23. The first kappa shape index (κ1) is 17.5. The van der Waals surface area contributed by atoms with Crippen LogP contribution in [0, 0.1) is 10.1 Å². The predicted molar refractivity (Wildman–Crippen MR) is 95.9 cm³/mol. The van der Waals surface area contributed by atoms with Gasteiger partial charge in [-0.1, -0.05) is 0 Å². The van der Waals surface area contributed by atoms with Crippen molar-refractivity contribution >= 4 is 17.3 Å². The number of hydrogen-bond donors (Lipinski definition) is 1. The molecule has 1 fully saturated rings. The molecule has 0 unspecified atom stereocenters. The van der Waals surface area contributed by atoms with Crippen molar-refractivity contribution in [1.82, 2.24) is 4.90 Å². The van der Waals surface area contributed by atoms with E-state index in [9.17, 15) is 20.0 Å². The number of piperazine rings is 1. The molecule has 8 nitrogen and oxygen atoms in total. The zero-order valence-corrected chi connectivity index (χ0v) is 14.3. The van der Waals surface area contributed by atoms with E-state index in [-0.39, 0.29) is 22.9 Å². The molecule has 1 heterocycles. The number of anilines is 1. The maximum atomic E-state index is 12.6. The molecule has 0 bridgehead atoms. The molecule has 1 aliphatic rings. The van der Waals surface area contributed by atoms with Crippen LogP contribution in [-0.2, 0) is 0 Å². The number of phenolic OH excluding ortho intramolecular Hbond substituents is 1. The number of carbonyl (C=O) groups is 1. The van der Waals surface area contributed by atoms with Crippen LogP contribution in [-0.4, -0.2) is 54.1 Å². The molecule has 0 atom stereocenters. The highest BCUT2D eigenvalue weighted by atomic mass is 16.6. The zero-order chi connectivity index (χ0) is 18.7. The number of carbonyl (C=O) groups excluding carboxylic acids is 1. The van der Waals surface area contributed by atoms with Gasteiger partial charge in [-0.15, -0.1) is 0 Å². The maximum Gasteiger partial charge on any atom is 0.269 e. The molecule has 2 aromatic rings. The van der Waals surface area contributed by atoms with Gasteiger partial charge in [0.1, 0.15) is 11.5 Å². The number of nitro benzene ring substituents is 1. The van der Waals surface area contributed by atoms with Crippen molar-refractivity contribution in [3.8, 4) is 11.5 Å². The number of rotatable bonds is 4. The summed E-state index contributed by atoms with van der Waals surface area (Å²) < 4.78 is 5.03. The molecule has 1 N–H and O–H groups in total. The van der Waals surface area contributed by atoms with E-state index in [0.717, 1.165) is 5.69 Å². The molecule has 0 radical (unpaired) electrons. The minimum Gasteiger partial charge on any atom is -0.507 e. The van der Waals surface area contributed by atoms with Gasteiger partial charge in [0.05, 0.1) is 17.6 Å². The lowest BCUT2D eigenvalue weighted by molar-refractivity contribution is -0.384. The molecular formula is C18H19N3O5. The summed E-state index contributed by atoms with van der Waals surface area (Å²) in [5.41, 5.74) is 1.18.